The number of amides is 2. The van der Waals surface area contributed by atoms with Crippen LogP contribution in [0.1, 0.15) is 43.2 Å². The lowest BCUT2D eigenvalue weighted by Gasteiger charge is -2.31. The highest BCUT2D eigenvalue weighted by Gasteiger charge is 2.46. The van der Waals surface area contributed by atoms with E-state index in [1.807, 2.05) is 65.6 Å². The Morgan fingerprint density at radius 3 is 1.64 bits per heavy atom. The molecule has 5 aliphatic rings. The molecule has 0 aromatic heterocycles. The van der Waals surface area contributed by atoms with E-state index >= 15 is 0 Å². The van der Waals surface area contributed by atoms with Crippen LogP contribution in [0.4, 0.5) is 9.59 Å². The number of benzene rings is 2. The number of carbonyl (C=O) groups is 2. The van der Waals surface area contributed by atoms with Crippen LogP contribution < -0.4 is 0 Å². The van der Waals surface area contributed by atoms with Gasteiger partial charge in [-0.05, 0) is 49.1 Å². The van der Waals surface area contributed by atoms with Crippen LogP contribution in [-0.4, -0.2) is 165 Å². The first kappa shape index (κ1) is 43.2. The maximum Gasteiger partial charge on any atom is 0.410 e. The fraction of sp³-hybridized carbons (Fsp3) is 0.500. The number of fused-ring (bicyclic) bond motifs is 4. The number of rotatable bonds is 9. The molecule has 8 nitrogen and oxygen atoms in total. The molecule has 7 rings (SSSR count). The van der Waals surface area contributed by atoms with E-state index < -0.39 is 25.5 Å². The molecule has 2 aliphatic carbocycles. The SMILES string of the molecule is C1CCOC1.O=C(OCc1ccccc1)N1C[C@@H]2C=C[C@H]1C2.O=C(OCc1ccccc1)N1C[C@H]2C[C@@H]1C[C@@H]2O.[B][B]B(B([B])[B])B(B([B])[B])B([B])[B]. The van der Waals surface area contributed by atoms with Gasteiger partial charge in [-0.25, -0.2) is 9.59 Å². The van der Waals surface area contributed by atoms with Gasteiger partial charge in [0.05, 0.1) is 12.1 Å². The maximum absolute atomic E-state index is 11.9. The van der Waals surface area contributed by atoms with Crippen molar-refractivity contribution in [2.24, 2.45) is 11.8 Å². The van der Waals surface area contributed by atoms with Gasteiger partial charge >= 0.3 is 12.2 Å². The molecule has 4 bridgehead atoms. The third-order valence-electron chi connectivity index (χ3n) is 10.2. The zero-order chi connectivity index (χ0) is 38.3. The molecule has 21 heteroatoms. The molecule has 0 unspecified atom stereocenters. The van der Waals surface area contributed by atoms with Gasteiger partial charge < -0.3 is 29.1 Å². The number of hydrogen-bond acceptors (Lipinski definition) is 6. The fourth-order valence-electron chi connectivity index (χ4n) is 7.26. The highest BCUT2D eigenvalue weighted by molar-refractivity contribution is 8.07. The van der Waals surface area contributed by atoms with Crippen molar-refractivity contribution in [1.29, 1.82) is 0 Å². The second-order valence-corrected chi connectivity index (χ2v) is 14.2. The van der Waals surface area contributed by atoms with Gasteiger partial charge in [-0.1, -0.05) is 72.8 Å². The quantitative estimate of drug-likeness (QED) is 0.300. The molecule has 53 heavy (non-hydrogen) atoms. The minimum atomic E-state index is -0.695. The molecule has 0 spiro atoms. The Kier molecular flexibility index (Phi) is 18.1. The number of hydrogen-bond donors (Lipinski definition) is 1. The first-order valence-electron chi connectivity index (χ1n) is 18.5. The smallest absolute Gasteiger partial charge is 0.410 e. The molecule has 3 aliphatic heterocycles. The third-order valence-corrected chi connectivity index (χ3v) is 10.2. The number of nitrogens with zero attached hydrogens (tertiary/aromatic N) is 2. The lowest BCUT2D eigenvalue weighted by Crippen LogP contribution is -2.69. The average molecular weight is 689 g/mol. The van der Waals surface area contributed by atoms with Gasteiger partial charge in [0, 0.05) is 131 Å². The molecule has 15 radical (unpaired) electrons. The molecule has 5 atom stereocenters. The van der Waals surface area contributed by atoms with Crippen molar-refractivity contribution in [3.63, 3.8) is 0 Å². The molecule has 2 aromatic carbocycles. The molecular formula is C32H40B13N2O6. The Labute approximate surface area is 328 Å². The van der Waals surface area contributed by atoms with Gasteiger partial charge in [0.25, 0.3) is 0 Å². The van der Waals surface area contributed by atoms with E-state index in [1.54, 1.807) is 4.90 Å². The van der Waals surface area contributed by atoms with Gasteiger partial charge in [-0.15, -0.1) is 0 Å². The van der Waals surface area contributed by atoms with Crippen LogP contribution in [0.2, 0.25) is 0 Å². The Hall–Kier alpha value is -2.52. The summed E-state index contributed by atoms with van der Waals surface area (Å²) in [5, 5.41) is 9.65. The van der Waals surface area contributed by atoms with E-state index in [4.69, 9.17) is 68.4 Å². The summed E-state index contributed by atoms with van der Waals surface area (Å²) in [4.78, 5) is 27.4. The van der Waals surface area contributed by atoms with Crippen LogP contribution in [0.3, 0.4) is 0 Å². The summed E-state index contributed by atoms with van der Waals surface area (Å²) in [5.41, 5.74) is 2.02. The number of likely N-dealkylation sites (tertiary alicyclic amines) is 2. The molecule has 1 saturated carbocycles. The summed E-state index contributed by atoms with van der Waals surface area (Å²) in [7, 11) is 39.5. The van der Waals surface area contributed by atoms with E-state index in [1.165, 1.54) is 19.9 Å². The van der Waals surface area contributed by atoms with Crippen LogP contribution in [0.25, 0.3) is 0 Å². The van der Waals surface area contributed by atoms with Crippen molar-refractivity contribution in [3.8, 4) is 0 Å². The molecule has 253 valence electrons. The van der Waals surface area contributed by atoms with Crippen LogP contribution >= 0.6 is 0 Å². The summed E-state index contributed by atoms with van der Waals surface area (Å²) in [6, 6.07) is 19.9. The second-order valence-electron chi connectivity index (χ2n) is 14.2. The normalized spacial score (nSPS) is 22.5. The zero-order valence-corrected chi connectivity index (χ0v) is 30.5. The molecular weight excluding hydrogens is 649 g/mol. The fourth-order valence-corrected chi connectivity index (χ4v) is 7.26. The lowest BCUT2D eigenvalue weighted by molar-refractivity contribution is 0.0516. The van der Waals surface area contributed by atoms with E-state index in [0.29, 0.717) is 32.1 Å². The largest absolute Gasteiger partial charge is 0.445 e. The predicted octanol–water partition coefficient (Wildman–Crippen LogP) is 0.208. The minimum absolute atomic E-state index is 0.174. The number of aliphatic hydroxyl groups is 1. The van der Waals surface area contributed by atoms with Crippen LogP contribution in [0.5, 0.6) is 0 Å². The summed E-state index contributed by atoms with van der Waals surface area (Å²) < 4.78 is 15.6. The average Bonchev–Trinajstić information content (AvgIpc) is 4.02. The first-order chi connectivity index (χ1) is 25.5. The van der Waals surface area contributed by atoms with E-state index in [-0.39, 0.29) is 42.7 Å². The van der Waals surface area contributed by atoms with Gasteiger partial charge in [0.2, 0.25) is 0 Å². The van der Waals surface area contributed by atoms with Crippen molar-refractivity contribution < 1.29 is 28.9 Å². The van der Waals surface area contributed by atoms with Crippen molar-refractivity contribution in [1.82, 2.24) is 9.80 Å². The van der Waals surface area contributed by atoms with Crippen LogP contribution in [0, 0.1) is 11.8 Å². The number of piperidine rings is 1. The number of ether oxygens (including phenoxy) is 3. The Morgan fingerprint density at radius 2 is 1.30 bits per heavy atom. The topological polar surface area (TPSA) is 88.5 Å². The summed E-state index contributed by atoms with van der Waals surface area (Å²) in [6.07, 6.45) is 6.01. The molecule has 3 heterocycles. The predicted molar refractivity (Wildman–Crippen MR) is 225 cm³/mol. The Balaban J connectivity index is 0.000000168. The van der Waals surface area contributed by atoms with Crippen molar-refractivity contribution in [2.45, 2.75) is 63.5 Å². The second kappa shape index (κ2) is 22.1. The summed E-state index contributed by atoms with van der Waals surface area (Å²) in [6.45, 7) is 4.13. The van der Waals surface area contributed by atoms with Gasteiger partial charge in [-0.3, -0.25) is 0 Å². The molecule has 4 fully saturated rings. The van der Waals surface area contributed by atoms with Crippen molar-refractivity contribution in [3.05, 3.63) is 83.9 Å². The zero-order valence-electron chi connectivity index (χ0n) is 30.5. The van der Waals surface area contributed by atoms with Gasteiger partial charge in [-0.2, -0.15) is 0 Å². The van der Waals surface area contributed by atoms with Crippen molar-refractivity contribution in [2.75, 3.05) is 26.3 Å². The molecule has 3 saturated heterocycles. The minimum Gasteiger partial charge on any atom is -0.445 e. The standard InChI is InChI=1S/C14H17NO3.C14H15NO2.C4H8O.B13/c16-13-7-12-6-11(13)8-15(12)14(17)18-9-10-4-2-1-3-5-10;16-14(15-9-12-6-7-13(15)8-12)17-10-11-4-2-1-3-5-11;1-2-4-5-3-1;1-8-12(9(2)3)13(10(4)5)11(6)7/h1-5,11-13,16H,6-9H2;1-7,12-13H,8-10H2;1-4H2;/t11-,12-,13+;12-,13+;;/m11../s1. The van der Waals surface area contributed by atoms with E-state index in [0.717, 1.165) is 43.7 Å². The third kappa shape index (κ3) is 13.3. The van der Waals surface area contributed by atoms with Crippen LogP contribution in [-0.2, 0) is 27.4 Å². The monoisotopic (exact) mass is 691 g/mol. The number of carbonyl (C=O) groups excluding carboxylic acids is 2. The highest BCUT2D eigenvalue weighted by Crippen LogP contribution is 2.38. The van der Waals surface area contributed by atoms with Gasteiger partial charge in [0.1, 0.15) is 13.2 Å². The molecule has 1 N–H and O–H groups in total. The van der Waals surface area contributed by atoms with Gasteiger partial charge in [0.15, 0.2) is 0 Å². The molecule has 2 amide bonds. The maximum atomic E-state index is 11.9. The Morgan fingerprint density at radius 1 is 0.755 bits per heavy atom. The summed E-state index contributed by atoms with van der Waals surface area (Å²) >= 11 is 0. The van der Waals surface area contributed by atoms with E-state index in [2.05, 4.69) is 12.2 Å². The first-order valence-corrected chi connectivity index (χ1v) is 18.5. The lowest BCUT2D eigenvalue weighted by atomic mass is 8.50. The van der Waals surface area contributed by atoms with Crippen LogP contribution in [0.15, 0.2) is 72.8 Å². The molecule has 2 aromatic rings. The highest BCUT2D eigenvalue weighted by atomic mass is 16.6. The van der Waals surface area contributed by atoms with Crippen molar-refractivity contribution >= 4 is 105 Å². The van der Waals surface area contributed by atoms with E-state index in [9.17, 15) is 14.7 Å². The Bertz CT molecular complexity index is 1400. The number of aliphatic hydroxyl groups excluding tert-OH is 1. The summed E-state index contributed by atoms with van der Waals surface area (Å²) in [5.74, 6) is 0.795.